The topological polar surface area (TPSA) is 20.3 Å². The van der Waals surface area contributed by atoms with Crippen molar-refractivity contribution in [3.05, 3.63) is 40.9 Å². The first kappa shape index (κ1) is 20.8. The zero-order chi connectivity index (χ0) is 17.6. The van der Waals surface area contributed by atoms with Crippen molar-refractivity contribution in [3.8, 4) is 0 Å². The van der Waals surface area contributed by atoms with Crippen LogP contribution in [0, 0.1) is 0 Å². The Labute approximate surface area is 152 Å². The fraction of sp³-hybridized carbons (Fsp3) is 0.571. The van der Waals surface area contributed by atoms with Crippen LogP contribution in [0.25, 0.3) is 6.08 Å². The zero-order valence-corrected chi connectivity index (χ0v) is 16.0. The van der Waals surface area contributed by atoms with E-state index in [4.69, 9.17) is 11.6 Å². The Morgan fingerprint density at radius 3 is 1.96 bits per heavy atom. The van der Waals surface area contributed by atoms with Crippen molar-refractivity contribution < 1.29 is 4.79 Å². The molecule has 134 valence electrons. The van der Waals surface area contributed by atoms with Crippen molar-refractivity contribution >= 4 is 23.6 Å². The van der Waals surface area contributed by atoms with Gasteiger partial charge in [-0.15, -0.1) is 0 Å². The molecule has 0 unspecified atom stereocenters. The second-order valence-electron chi connectivity index (χ2n) is 6.33. The third-order valence-electron chi connectivity index (χ3n) is 4.16. The second-order valence-corrected chi connectivity index (χ2v) is 6.77. The first-order valence-corrected chi connectivity index (χ1v) is 9.77. The lowest BCUT2D eigenvalue weighted by molar-refractivity contribution is -0.126. The van der Waals surface area contributed by atoms with Crippen LogP contribution in [0.3, 0.4) is 0 Å². The number of amides is 1. The summed E-state index contributed by atoms with van der Waals surface area (Å²) < 4.78 is 0. The SMILES string of the molecule is CCCCCCN(CCCCCC)C(=O)/C=C/c1ccc(Cl)cc1. The maximum atomic E-state index is 12.5. The summed E-state index contributed by atoms with van der Waals surface area (Å²) in [5.41, 5.74) is 1.00. The number of hydrogen-bond donors (Lipinski definition) is 0. The van der Waals surface area contributed by atoms with E-state index in [0.717, 1.165) is 31.5 Å². The molecule has 0 fully saturated rings. The first-order chi connectivity index (χ1) is 11.7. The minimum Gasteiger partial charge on any atom is -0.339 e. The van der Waals surface area contributed by atoms with Crippen molar-refractivity contribution in [2.45, 2.75) is 65.2 Å². The fourth-order valence-corrected chi connectivity index (χ4v) is 2.76. The summed E-state index contributed by atoms with van der Waals surface area (Å²) >= 11 is 5.89. The van der Waals surface area contributed by atoms with E-state index in [1.807, 2.05) is 35.2 Å². The molecule has 1 rings (SSSR count). The molecule has 0 heterocycles. The highest BCUT2D eigenvalue weighted by atomic mass is 35.5. The Balaban J connectivity index is 2.54. The van der Waals surface area contributed by atoms with E-state index in [2.05, 4.69) is 13.8 Å². The summed E-state index contributed by atoms with van der Waals surface area (Å²) in [4.78, 5) is 14.5. The minimum atomic E-state index is 0.123. The van der Waals surface area contributed by atoms with E-state index in [9.17, 15) is 4.79 Å². The largest absolute Gasteiger partial charge is 0.339 e. The number of nitrogens with zero attached hydrogens (tertiary/aromatic N) is 1. The van der Waals surface area contributed by atoms with Gasteiger partial charge in [0.2, 0.25) is 5.91 Å². The highest BCUT2D eigenvalue weighted by Crippen LogP contribution is 2.11. The molecule has 0 aliphatic heterocycles. The Morgan fingerprint density at radius 1 is 0.917 bits per heavy atom. The number of rotatable bonds is 12. The van der Waals surface area contributed by atoms with Crippen LogP contribution in [0.4, 0.5) is 0 Å². The maximum Gasteiger partial charge on any atom is 0.246 e. The Hall–Kier alpha value is -1.28. The molecular formula is C21H32ClNO. The highest BCUT2D eigenvalue weighted by Gasteiger charge is 2.09. The van der Waals surface area contributed by atoms with Crippen LogP contribution in [-0.4, -0.2) is 23.9 Å². The third-order valence-corrected chi connectivity index (χ3v) is 4.42. The molecule has 0 N–H and O–H groups in total. The molecular weight excluding hydrogens is 318 g/mol. The second kappa shape index (κ2) is 13.1. The van der Waals surface area contributed by atoms with Gasteiger partial charge in [-0.3, -0.25) is 4.79 Å². The number of carbonyl (C=O) groups is 1. The van der Waals surface area contributed by atoms with Crippen LogP contribution in [0.1, 0.15) is 70.8 Å². The molecule has 0 saturated carbocycles. The lowest BCUT2D eigenvalue weighted by Gasteiger charge is -2.21. The van der Waals surface area contributed by atoms with Crippen LogP contribution in [-0.2, 0) is 4.79 Å². The standard InChI is InChI=1S/C21H32ClNO/c1-3-5-7-9-17-23(18-10-8-6-4-2)21(24)16-13-19-11-14-20(22)15-12-19/h11-16H,3-10,17-18H2,1-2H3/b16-13+. The number of hydrogen-bond acceptors (Lipinski definition) is 1. The minimum absolute atomic E-state index is 0.123. The lowest BCUT2D eigenvalue weighted by Crippen LogP contribution is -2.31. The quantitative estimate of drug-likeness (QED) is 0.318. The van der Waals surface area contributed by atoms with Crippen LogP contribution < -0.4 is 0 Å². The molecule has 0 aliphatic carbocycles. The summed E-state index contributed by atoms with van der Waals surface area (Å²) in [7, 11) is 0. The molecule has 0 bridgehead atoms. The predicted octanol–water partition coefficient (Wildman–Crippen LogP) is 6.34. The summed E-state index contributed by atoms with van der Waals surface area (Å²) in [5.74, 6) is 0.123. The molecule has 0 atom stereocenters. The molecule has 0 spiro atoms. The van der Waals surface area contributed by atoms with Crippen molar-refractivity contribution in [1.82, 2.24) is 4.90 Å². The molecule has 0 saturated heterocycles. The van der Waals surface area contributed by atoms with Gasteiger partial charge in [-0.2, -0.15) is 0 Å². The predicted molar refractivity (Wildman–Crippen MR) is 105 cm³/mol. The normalized spacial score (nSPS) is 11.1. The number of carbonyl (C=O) groups excluding carboxylic acids is 1. The molecule has 0 aromatic heterocycles. The third kappa shape index (κ3) is 9.12. The molecule has 1 aromatic carbocycles. The van der Waals surface area contributed by atoms with E-state index in [1.165, 1.54) is 38.5 Å². The van der Waals surface area contributed by atoms with Gasteiger partial charge < -0.3 is 4.90 Å². The molecule has 1 amide bonds. The molecule has 0 aliphatic rings. The molecule has 2 nitrogen and oxygen atoms in total. The number of unbranched alkanes of at least 4 members (excludes halogenated alkanes) is 6. The van der Waals surface area contributed by atoms with Gasteiger partial charge in [0, 0.05) is 24.2 Å². The van der Waals surface area contributed by atoms with E-state index in [0.29, 0.717) is 5.02 Å². The van der Waals surface area contributed by atoms with Crippen LogP contribution in [0.2, 0.25) is 5.02 Å². The van der Waals surface area contributed by atoms with Gasteiger partial charge in [0.05, 0.1) is 0 Å². The molecule has 24 heavy (non-hydrogen) atoms. The lowest BCUT2D eigenvalue weighted by atomic mass is 10.1. The first-order valence-electron chi connectivity index (χ1n) is 9.40. The van der Waals surface area contributed by atoms with E-state index in [1.54, 1.807) is 6.08 Å². The summed E-state index contributed by atoms with van der Waals surface area (Å²) in [6.07, 6.45) is 13.1. The summed E-state index contributed by atoms with van der Waals surface area (Å²) in [6.45, 7) is 6.16. The van der Waals surface area contributed by atoms with Gasteiger partial charge in [0.1, 0.15) is 0 Å². The van der Waals surface area contributed by atoms with E-state index in [-0.39, 0.29) is 5.91 Å². The molecule has 1 aromatic rings. The average molecular weight is 350 g/mol. The summed E-state index contributed by atoms with van der Waals surface area (Å²) in [6, 6.07) is 7.55. The molecule has 3 heteroatoms. The maximum absolute atomic E-state index is 12.5. The van der Waals surface area contributed by atoms with Crippen molar-refractivity contribution in [1.29, 1.82) is 0 Å². The van der Waals surface area contributed by atoms with Crippen molar-refractivity contribution in [3.63, 3.8) is 0 Å². The summed E-state index contributed by atoms with van der Waals surface area (Å²) in [5, 5.41) is 0.715. The Kier molecular flexibility index (Phi) is 11.3. The van der Waals surface area contributed by atoms with Gasteiger partial charge in [0.25, 0.3) is 0 Å². The Morgan fingerprint density at radius 2 is 1.46 bits per heavy atom. The average Bonchev–Trinajstić information content (AvgIpc) is 2.59. The Bertz CT molecular complexity index is 469. The van der Waals surface area contributed by atoms with Gasteiger partial charge in [-0.25, -0.2) is 0 Å². The van der Waals surface area contributed by atoms with Crippen molar-refractivity contribution in [2.75, 3.05) is 13.1 Å². The molecule has 0 radical (unpaired) electrons. The van der Waals surface area contributed by atoms with Gasteiger partial charge in [-0.1, -0.05) is 76.1 Å². The van der Waals surface area contributed by atoms with Crippen molar-refractivity contribution in [2.24, 2.45) is 0 Å². The van der Waals surface area contributed by atoms with E-state index < -0.39 is 0 Å². The van der Waals surface area contributed by atoms with Crippen LogP contribution in [0.15, 0.2) is 30.3 Å². The van der Waals surface area contributed by atoms with Gasteiger partial charge >= 0.3 is 0 Å². The zero-order valence-electron chi connectivity index (χ0n) is 15.3. The van der Waals surface area contributed by atoms with E-state index >= 15 is 0 Å². The van der Waals surface area contributed by atoms with Gasteiger partial charge in [0.15, 0.2) is 0 Å². The monoisotopic (exact) mass is 349 g/mol. The van der Waals surface area contributed by atoms with Crippen LogP contribution >= 0.6 is 11.6 Å². The van der Waals surface area contributed by atoms with Crippen LogP contribution in [0.5, 0.6) is 0 Å². The number of halogens is 1. The highest BCUT2D eigenvalue weighted by molar-refractivity contribution is 6.30. The fourth-order valence-electron chi connectivity index (χ4n) is 2.64. The number of benzene rings is 1. The smallest absolute Gasteiger partial charge is 0.246 e. The van der Waals surface area contributed by atoms with Gasteiger partial charge in [-0.05, 0) is 36.6 Å².